The van der Waals surface area contributed by atoms with Crippen molar-refractivity contribution in [3.63, 3.8) is 0 Å². The summed E-state index contributed by atoms with van der Waals surface area (Å²) in [5.74, 6) is -1.33. The lowest BCUT2D eigenvalue weighted by Gasteiger charge is -2.08. The predicted octanol–water partition coefficient (Wildman–Crippen LogP) is 2.63. The number of nitrogens with zero attached hydrogens (tertiary/aromatic N) is 3. The zero-order valence-corrected chi connectivity index (χ0v) is 16.5. The van der Waals surface area contributed by atoms with E-state index >= 15 is 0 Å². The Balaban J connectivity index is 1.91. The summed E-state index contributed by atoms with van der Waals surface area (Å²) in [6.07, 6.45) is 0.823. The molecule has 0 amide bonds. The number of hydrogen-bond donors (Lipinski definition) is 1. The Morgan fingerprint density at radius 2 is 2.00 bits per heavy atom. The highest BCUT2D eigenvalue weighted by molar-refractivity contribution is 7.21. The summed E-state index contributed by atoms with van der Waals surface area (Å²) < 4.78 is 5.98. The molecule has 2 N–H and O–H groups in total. The number of para-hydroxylation sites is 1. The van der Waals surface area contributed by atoms with Gasteiger partial charge in [0.25, 0.3) is 5.78 Å². The first-order valence-corrected chi connectivity index (χ1v) is 9.62. The van der Waals surface area contributed by atoms with Crippen molar-refractivity contribution in [3.05, 3.63) is 57.7 Å². The van der Waals surface area contributed by atoms with Crippen LogP contribution in [0.15, 0.2) is 34.9 Å². The van der Waals surface area contributed by atoms with Crippen LogP contribution in [0.1, 0.15) is 39.1 Å². The molecule has 0 unspecified atom stereocenters. The Morgan fingerprint density at radius 3 is 2.68 bits per heavy atom. The molecule has 0 fully saturated rings. The highest BCUT2D eigenvalue weighted by Gasteiger charge is 2.32. The molecule has 0 saturated carbocycles. The molecule has 1 aromatic carbocycles. The number of rotatable bonds is 4. The van der Waals surface area contributed by atoms with Crippen LogP contribution in [0, 0.1) is 13.8 Å². The summed E-state index contributed by atoms with van der Waals surface area (Å²) >= 11 is 1.18. The summed E-state index contributed by atoms with van der Waals surface area (Å²) in [7, 11) is 0. The topological polar surface area (TPSA) is 109 Å². The van der Waals surface area contributed by atoms with E-state index in [0.29, 0.717) is 16.2 Å². The van der Waals surface area contributed by atoms with Gasteiger partial charge in [-0.25, -0.2) is 4.98 Å². The van der Waals surface area contributed by atoms with E-state index in [1.54, 1.807) is 24.3 Å². The molecular formula is C20H18N4O3S. The molecule has 3 heterocycles. The fourth-order valence-electron chi connectivity index (χ4n) is 3.49. The van der Waals surface area contributed by atoms with E-state index in [9.17, 15) is 9.90 Å². The van der Waals surface area contributed by atoms with E-state index in [4.69, 9.17) is 10.3 Å². The molecule has 0 atom stereocenters. The van der Waals surface area contributed by atoms with Gasteiger partial charge < -0.3 is 15.4 Å². The number of nitrogens with two attached hydrogens (primary N) is 1. The van der Waals surface area contributed by atoms with E-state index in [-0.39, 0.29) is 10.6 Å². The van der Waals surface area contributed by atoms with Crippen LogP contribution in [-0.4, -0.2) is 16.0 Å². The van der Waals surface area contributed by atoms with Crippen LogP contribution < -0.4 is 15.5 Å². The van der Waals surface area contributed by atoms with Gasteiger partial charge in [-0.15, -0.1) is 11.3 Å². The van der Waals surface area contributed by atoms with Crippen LogP contribution in [0.4, 0.5) is 5.69 Å². The van der Waals surface area contributed by atoms with E-state index in [0.717, 1.165) is 28.6 Å². The highest BCUT2D eigenvalue weighted by Crippen LogP contribution is 2.38. The number of carbonyl (C=O) groups is 1. The average Bonchev–Trinajstić information content (AvgIpc) is 3.22. The number of thiophene rings is 1. The Hall–Kier alpha value is -3.26. The number of nitrogen functional groups attached to an aromatic ring is 1. The predicted molar refractivity (Wildman–Crippen MR) is 104 cm³/mol. The minimum absolute atomic E-state index is 0.186. The van der Waals surface area contributed by atoms with Crippen molar-refractivity contribution in [2.75, 3.05) is 5.73 Å². The average molecular weight is 394 g/mol. The molecular weight excluding hydrogens is 376 g/mol. The minimum atomic E-state index is -0.805. The number of pyridine rings is 1. The quantitative estimate of drug-likeness (QED) is 0.421. The fraction of sp³-hybridized carbons (Fsp3) is 0.200. The molecule has 4 aromatic rings. The molecule has 0 aliphatic rings. The lowest BCUT2D eigenvalue weighted by atomic mass is 10.0. The van der Waals surface area contributed by atoms with Gasteiger partial charge in [0.05, 0.1) is 11.0 Å². The molecule has 0 bridgehead atoms. The summed E-state index contributed by atoms with van der Waals surface area (Å²) in [5, 5.41) is 16.8. The van der Waals surface area contributed by atoms with Crippen molar-refractivity contribution in [1.82, 2.24) is 10.3 Å². The molecule has 0 saturated heterocycles. The third-order valence-electron chi connectivity index (χ3n) is 4.85. The van der Waals surface area contributed by atoms with Gasteiger partial charge in [-0.2, -0.15) is 0 Å². The molecule has 28 heavy (non-hydrogen) atoms. The Bertz CT molecular complexity index is 1210. The van der Waals surface area contributed by atoms with E-state index in [1.807, 2.05) is 19.9 Å². The van der Waals surface area contributed by atoms with Gasteiger partial charge in [-0.1, -0.05) is 25.1 Å². The summed E-state index contributed by atoms with van der Waals surface area (Å²) in [4.78, 5) is 18.8. The minimum Gasteiger partial charge on any atom is -0.539 e. The summed E-state index contributed by atoms with van der Waals surface area (Å²) in [5.41, 5.74) is 10.1. The lowest BCUT2D eigenvalue weighted by Crippen LogP contribution is -2.39. The molecule has 4 rings (SSSR count). The highest BCUT2D eigenvalue weighted by atomic mass is 32.1. The lowest BCUT2D eigenvalue weighted by molar-refractivity contribution is -0.672. The SMILES string of the molecule is CCc1c(C)nc2sc(C(=O)c3c([O-])on[n+]3-c3ccccc3)c(N)c2c1C. The number of anilines is 1. The molecule has 3 aromatic heterocycles. The zero-order valence-electron chi connectivity index (χ0n) is 15.6. The van der Waals surface area contributed by atoms with Gasteiger partial charge in [0.15, 0.2) is 5.95 Å². The van der Waals surface area contributed by atoms with Gasteiger partial charge in [-0.3, -0.25) is 4.79 Å². The zero-order chi connectivity index (χ0) is 20.0. The maximum atomic E-state index is 13.2. The normalized spacial score (nSPS) is 11.2. The van der Waals surface area contributed by atoms with Gasteiger partial charge in [0.2, 0.25) is 5.69 Å². The number of aromatic nitrogens is 3. The first-order chi connectivity index (χ1) is 13.4. The van der Waals surface area contributed by atoms with Crippen LogP contribution in [0.25, 0.3) is 15.9 Å². The molecule has 7 nitrogen and oxygen atoms in total. The number of ketones is 1. The second-order valence-electron chi connectivity index (χ2n) is 6.46. The van der Waals surface area contributed by atoms with Crippen molar-refractivity contribution in [2.45, 2.75) is 27.2 Å². The fourth-order valence-corrected chi connectivity index (χ4v) is 4.64. The molecule has 0 radical (unpaired) electrons. The summed E-state index contributed by atoms with van der Waals surface area (Å²) in [6.45, 7) is 5.98. The number of hydrogen-bond acceptors (Lipinski definition) is 7. The third kappa shape index (κ3) is 2.65. The molecule has 0 aliphatic heterocycles. The smallest absolute Gasteiger partial charge is 0.312 e. The van der Waals surface area contributed by atoms with E-state index in [1.165, 1.54) is 16.0 Å². The molecule has 8 heteroatoms. The Kier molecular flexibility index (Phi) is 4.35. The maximum absolute atomic E-state index is 13.2. The number of carbonyl (C=O) groups excluding carboxylic acids is 1. The second-order valence-corrected chi connectivity index (χ2v) is 7.46. The maximum Gasteiger partial charge on any atom is 0.312 e. The summed E-state index contributed by atoms with van der Waals surface area (Å²) in [6, 6.07) is 8.86. The van der Waals surface area contributed by atoms with E-state index in [2.05, 4.69) is 17.2 Å². The molecule has 142 valence electrons. The first kappa shape index (κ1) is 18.1. The Labute approximate surface area is 165 Å². The largest absolute Gasteiger partial charge is 0.539 e. The third-order valence-corrected chi connectivity index (χ3v) is 5.94. The van der Waals surface area contributed by atoms with Crippen LogP contribution in [-0.2, 0) is 6.42 Å². The second kappa shape index (κ2) is 6.72. The Morgan fingerprint density at radius 1 is 1.29 bits per heavy atom. The van der Waals surface area contributed by atoms with Gasteiger partial charge in [0.1, 0.15) is 9.71 Å². The van der Waals surface area contributed by atoms with Gasteiger partial charge in [0, 0.05) is 23.2 Å². The van der Waals surface area contributed by atoms with Gasteiger partial charge >= 0.3 is 5.69 Å². The number of fused-ring (bicyclic) bond motifs is 1. The van der Waals surface area contributed by atoms with Gasteiger partial charge in [-0.05, 0) is 36.1 Å². The number of aryl methyl sites for hydroxylation is 2. The van der Waals surface area contributed by atoms with Crippen LogP contribution in [0.5, 0.6) is 5.95 Å². The van der Waals surface area contributed by atoms with Crippen molar-refractivity contribution < 1.29 is 19.1 Å². The number of benzene rings is 1. The van der Waals surface area contributed by atoms with Crippen molar-refractivity contribution in [1.29, 1.82) is 0 Å². The monoisotopic (exact) mass is 394 g/mol. The van der Waals surface area contributed by atoms with Crippen LogP contribution >= 0.6 is 11.3 Å². The first-order valence-electron chi connectivity index (χ1n) is 8.81. The molecule has 0 spiro atoms. The van der Waals surface area contributed by atoms with Crippen molar-refractivity contribution in [3.8, 4) is 11.6 Å². The van der Waals surface area contributed by atoms with Crippen molar-refractivity contribution >= 4 is 33.0 Å². The van der Waals surface area contributed by atoms with Crippen LogP contribution in [0.2, 0.25) is 0 Å². The van der Waals surface area contributed by atoms with Crippen molar-refractivity contribution in [2.24, 2.45) is 0 Å². The van der Waals surface area contributed by atoms with Crippen LogP contribution in [0.3, 0.4) is 0 Å². The van der Waals surface area contributed by atoms with E-state index < -0.39 is 11.7 Å². The standard InChI is InChI=1S/C20H18N4O3S/c1-4-13-10(2)14-15(21)18(28-19(14)22-11(13)3)17(25)16-20(26)27-23-24(16)12-8-6-5-7-9-12/h5-9H,4H2,1-3H3,(H2-,21,23,25,26). The molecule has 0 aliphatic carbocycles.